The molecule has 4 aromatic rings. The van der Waals surface area contributed by atoms with Crippen LogP contribution in [0.1, 0.15) is 5.56 Å². The largest absolute Gasteiger partial charge is 0.497 e. The first kappa shape index (κ1) is 22.0. The number of methoxy groups -OCH3 is 1. The van der Waals surface area contributed by atoms with E-state index in [0.29, 0.717) is 0 Å². The van der Waals surface area contributed by atoms with Crippen LogP contribution in [-0.4, -0.2) is 43.3 Å². The Morgan fingerprint density at radius 2 is 1.79 bits per heavy atom. The number of piperazine rings is 1. The number of aromatic nitrogens is 2. The standard InChI is InChI=1S/C25H27N7OS/c1-3-17-16-18(4-9-21(17)30-26)27-24-23-22(10-15-34-23)28-25(29-24)32-13-11-31(12-14-32)19-5-7-20(33-2)8-6-19/h3-10,15-16,30H,1,11-14,26H2,2H3,(H,27,28,29). The normalized spacial score (nSPS) is 13.7. The third-order valence-electron chi connectivity index (χ3n) is 5.98. The summed E-state index contributed by atoms with van der Waals surface area (Å²) in [7, 11) is 1.69. The molecule has 0 radical (unpaired) electrons. The Morgan fingerprint density at radius 1 is 1.03 bits per heavy atom. The Labute approximate surface area is 202 Å². The van der Waals surface area contributed by atoms with E-state index in [-0.39, 0.29) is 0 Å². The highest BCUT2D eigenvalue weighted by molar-refractivity contribution is 7.17. The first-order valence-corrected chi connectivity index (χ1v) is 12.0. The zero-order chi connectivity index (χ0) is 23.5. The Bertz CT molecular complexity index is 1300. The summed E-state index contributed by atoms with van der Waals surface area (Å²) in [4.78, 5) is 14.4. The maximum absolute atomic E-state index is 5.60. The maximum atomic E-state index is 5.60. The van der Waals surface area contributed by atoms with Gasteiger partial charge in [-0.2, -0.15) is 4.98 Å². The van der Waals surface area contributed by atoms with Crippen LogP contribution >= 0.6 is 11.3 Å². The van der Waals surface area contributed by atoms with Crippen molar-refractivity contribution in [3.8, 4) is 5.75 Å². The molecule has 5 rings (SSSR count). The van der Waals surface area contributed by atoms with Crippen LogP contribution in [0.4, 0.5) is 28.8 Å². The third-order valence-corrected chi connectivity index (χ3v) is 6.89. The van der Waals surface area contributed by atoms with E-state index < -0.39 is 0 Å². The maximum Gasteiger partial charge on any atom is 0.228 e. The summed E-state index contributed by atoms with van der Waals surface area (Å²) in [6, 6.07) is 16.1. The molecule has 0 aliphatic carbocycles. The van der Waals surface area contributed by atoms with Gasteiger partial charge in [-0.1, -0.05) is 12.7 Å². The zero-order valence-corrected chi connectivity index (χ0v) is 19.8. The molecule has 3 heterocycles. The molecule has 8 nitrogen and oxygen atoms in total. The topological polar surface area (TPSA) is 91.6 Å². The van der Waals surface area contributed by atoms with Gasteiger partial charge >= 0.3 is 0 Å². The molecule has 0 saturated carbocycles. The van der Waals surface area contributed by atoms with Crippen molar-refractivity contribution in [3.63, 3.8) is 0 Å². The van der Waals surface area contributed by atoms with Gasteiger partial charge in [0.1, 0.15) is 5.75 Å². The van der Waals surface area contributed by atoms with Gasteiger partial charge in [-0.05, 0) is 53.9 Å². The molecule has 1 aliphatic heterocycles. The van der Waals surface area contributed by atoms with Gasteiger partial charge in [0.05, 0.1) is 23.0 Å². The number of hydrogen-bond acceptors (Lipinski definition) is 9. The van der Waals surface area contributed by atoms with Crippen LogP contribution < -0.4 is 31.1 Å². The average Bonchev–Trinajstić information content (AvgIpc) is 3.38. The van der Waals surface area contributed by atoms with Crippen molar-refractivity contribution < 1.29 is 4.74 Å². The third kappa shape index (κ3) is 4.35. The highest BCUT2D eigenvalue weighted by atomic mass is 32.1. The molecule has 0 spiro atoms. The average molecular weight is 474 g/mol. The van der Waals surface area contributed by atoms with Gasteiger partial charge in [0, 0.05) is 43.1 Å². The van der Waals surface area contributed by atoms with E-state index in [0.717, 1.165) is 70.8 Å². The number of rotatable bonds is 7. The fraction of sp³-hybridized carbons (Fsp3) is 0.200. The van der Waals surface area contributed by atoms with E-state index in [9.17, 15) is 0 Å². The van der Waals surface area contributed by atoms with Crippen LogP contribution in [0.3, 0.4) is 0 Å². The number of ether oxygens (including phenoxy) is 1. The fourth-order valence-electron chi connectivity index (χ4n) is 4.11. The second-order valence-corrected chi connectivity index (χ2v) is 8.87. The molecule has 0 bridgehead atoms. The molecule has 174 valence electrons. The van der Waals surface area contributed by atoms with Crippen LogP contribution in [0, 0.1) is 0 Å². The first-order chi connectivity index (χ1) is 16.7. The van der Waals surface area contributed by atoms with Crippen molar-refractivity contribution in [1.29, 1.82) is 0 Å². The fourth-order valence-corrected chi connectivity index (χ4v) is 4.89. The molecule has 0 unspecified atom stereocenters. The number of fused-ring (bicyclic) bond motifs is 1. The number of nitrogens with two attached hydrogens (primary N) is 1. The monoisotopic (exact) mass is 473 g/mol. The summed E-state index contributed by atoms with van der Waals surface area (Å²) >= 11 is 1.63. The van der Waals surface area contributed by atoms with E-state index in [1.807, 2.05) is 41.8 Å². The Morgan fingerprint density at radius 3 is 2.50 bits per heavy atom. The predicted molar refractivity (Wildman–Crippen MR) is 142 cm³/mol. The van der Waals surface area contributed by atoms with E-state index in [1.54, 1.807) is 24.5 Å². The van der Waals surface area contributed by atoms with Gasteiger partial charge in [0.15, 0.2) is 5.82 Å². The number of benzene rings is 2. The van der Waals surface area contributed by atoms with E-state index in [4.69, 9.17) is 20.5 Å². The number of nitrogens with one attached hydrogen (secondary N) is 2. The number of thiophene rings is 1. The van der Waals surface area contributed by atoms with Crippen molar-refractivity contribution in [3.05, 3.63) is 66.1 Å². The summed E-state index contributed by atoms with van der Waals surface area (Å²) in [6.45, 7) is 7.37. The van der Waals surface area contributed by atoms with Crippen LogP contribution in [0.15, 0.2) is 60.5 Å². The van der Waals surface area contributed by atoms with Gasteiger partial charge in [-0.15, -0.1) is 11.3 Å². The lowest BCUT2D eigenvalue weighted by Gasteiger charge is -2.36. The second-order valence-electron chi connectivity index (χ2n) is 7.95. The lowest BCUT2D eigenvalue weighted by atomic mass is 10.1. The molecule has 1 aliphatic rings. The lowest BCUT2D eigenvalue weighted by molar-refractivity contribution is 0.415. The molecular formula is C25H27N7OS. The smallest absolute Gasteiger partial charge is 0.228 e. The second kappa shape index (κ2) is 9.58. The van der Waals surface area contributed by atoms with E-state index in [1.165, 1.54) is 5.69 Å². The number of hydrogen-bond donors (Lipinski definition) is 3. The Hall–Kier alpha value is -3.82. The molecule has 4 N–H and O–H groups in total. The SMILES string of the molecule is C=Cc1cc(Nc2nc(N3CCN(c4ccc(OC)cc4)CC3)nc3ccsc23)ccc1NN. The molecule has 9 heteroatoms. The molecule has 1 fully saturated rings. The molecular weight excluding hydrogens is 446 g/mol. The molecule has 0 amide bonds. The molecule has 2 aromatic heterocycles. The van der Waals surface area contributed by atoms with Crippen molar-refractivity contribution in [2.24, 2.45) is 5.84 Å². The van der Waals surface area contributed by atoms with Gasteiger partial charge in [-0.25, -0.2) is 4.98 Å². The molecule has 1 saturated heterocycles. The van der Waals surface area contributed by atoms with Crippen LogP contribution in [0.2, 0.25) is 0 Å². The first-order valence-electron chi connectivity index (χ1n) is 11.1. The number of hydrazine groups is 1. The molecule has 0 atom stereocenters. The van der Waals surface area contributed by atoms with Crippen molar-refractivity contribution in [1.82, 2.24) is 9.97 Å². The minimum Gasteiger partial charge on any atom is -0.497 e. The minimum atomic E-state index is 0.743. The molecule has 34 heavy (non-hydrogen) atoms. The predicted octanol–water partition coefficient (Wildman–Crippen LogP) is 4.70. The van der Waals surface area contributed by atoms with Crippen LogP contribution in [-0.2, 0) is 0 Å². The molecule has 2 aromatic carbocycles. The van der Waals surface area contributed by atoms with Crippen LogP contribution in [0.5, 0.6) is 5.75 Å². The Balaban J connectivity index is 1.36. The summed E-state index contributed by atoms with van der Waals surface area (Å²) in [5.41, 5.74) is 7.49. The summed E-state index contributed by atoms with van der Waals surface area (Å²) < 4.78 is 6.31. The van der Waals surface area contributed by atoms with Crippen molar-refractivity contribution >= 4 is 56.5 Å². The van der Waals surface area contributed by atoms with Crippen LogP contribution in [0.25, 0.3) is 16.3 Å². The van der Waals surface area contributed by atoms with Crippen molar-refractivity contribution in [2.45, 2.75) is 0 Å². The highest BCUT2D eigenvalue weighted by Gasteiger charge is 2.21. The zero-order valence-electron chi connectivity index (χ0n) is 19.0. The number of nitrogen functional groups attached to an aromatic ring is 1. The van der Waals surface area contributed by atoms with Crippen molar-refractivity contribution in [2.75, 3.05) is 53.8 Å². The van der Waals surface area contributed by atoms with E-state index in [2.05, 4.69) is 39.3 Å². The summed E-state index contributed by atoms with van der Waals surface area (Å²) in [6.07, 6.45) is 1.77. The van der Waals surface area contributed by atoms with Gasteiger partial charge in [0.25, 0.3) is 0 Å². The quantitative estimate of drug-likeness (QED) is 0.263. The van der Waals surface area contributed by atoms with Gasteiger partial charge in [-0.3, -0.25) is 5.84 Å². The Kier molecular flexibility index (Phi) is 6.20. The minimum absolute atomic E-state index is 0.743. The number of nitrogens with zero attached hydrogens (tertiary/aromatic N) is 4. The van der Waals surface area contributed by atoms with Gasteiger partial charge in [0.2, 0.25) is 5.95 Å². The van der Waals surface area contributed by atoms with E-state index >= 15 is 0 Å². The highest BCUT2D eigenvalue weighted by Crippen LogP contribution is 2.32. The number of anilines is 5. The summed E-state index contributed by atoms with van der Waals surface area (Å²) in [5, 5.41) is 5.53. The van der Waals surface area contributed by atoms with Gasteiger partial charge < -0.3 is 25.3 Å². The lowest BCUT2D eigenvalue weighted by Crippen LogP contribution is -2.47. The summed E-state index contributed by atoms with van der Waals surface area (Å²) in [5.74, 6) is 8.01.